The SMILES string of the molecule is CCC(Cl)CC(Cl)C(=O)OC. The van der Waals surface area contributed by atoms with Crippen molar-refractivity contribution in [3.63, 3.8) is 0 Å². The van der Waals surface area contributed by atoms with Crippen LogP contribution in [-0.4, -0.2) is 23.8 Å². The van der Waals surface area contributed by atoms with Crippen LogP contribution in [0, 0.1) is 0 Å². The molecule has 0 radical (unpaired) electrons. The number of alkyl halides is 2. The van der Waals surface area contributed by atoms with Crippen molar-refractivity contribution in [2.24, 2.45) is 0 Å². The molecule has 0 rings (SSSR count). The van der Waals surface area contributed by atoms with Crippen molar-refractivity contribution in [3.8, 4) is 0 Å². The average molecular weight is 199 g/mol. The zero-order valence-electron chi connectivity index (χ0n) is 6.64. The van der Waals surface area contributed by atoms with Crippen LogP contribution in [0.3, 0.4) is 0 Å². The topological polar surface area (TPSA) is 26.3 Å². The van der Waals surface area contributed by atoms with Gasteiger partial charge in [-0.25, -0.2) is 0 Å². The summed E-state index contributed by atoms with van der Waals surface area (Å²) in [7, 11) is 1.31. The molecule has 4 heteroatoms. The molecule has 0 aromatic rings. The van der Waals surface area contributed by atoms with Gasteiger partial charge in [0.25, 0.3) is 0 Å². The van der Waals surface area contributed by atoms with Crippen molar-refractivity contribution in [2.75, 3.05) is 7.11 Å². The molecule has 0 aliphatic rings. The molecule has 66 valence electrons. The van der Waals surface area contributed by atoms with Gasteiger partial charge in [-0.2, -0.15) is 0 Å². The van der Waals surface area contributed by atoms with Gasteiger partial charge in [0, 0.05) is 5.38 Å². The molecule has 0 aliphatic carbocycles. The highest BCUT2D eigenvalue weighted by molar-refractivity contribution is 6.30. The summed E-state index contributed by atoms with van der Waals surface area (Å²) in [4.78, 5) is 10.8. The van der Waals surface area contributed by atoms with Crippen LogP contribution in [-0.2, 0) is 9.53 Å². The number of hydrogen-bond donors (Lipinski definition) is 0. The summed E-state index contributed by atoms with van der Waals surface area (Å²) in [5.41, 5.74) is 0. The van der Waals surface area contributed by atoms with Crippen molar-refractivity contribution in [1.29, 1.82) is 0 Å². The number of carbonyl (C=O) groups excluding carboxylic acids is 1. The number of halogens is 2. The van der Waals surface area contributed by atoms with Crippen molar-refractivity contribution in [1.82, 2.24) is 0 Å². The summed E-state index contributed by atoms with van der Waals surface area (Å²) in [6, 6.07) is 0. The number of hydrogen-bond acceptors (Lipinski definition) is 2. The molecule has 2 unspecified atom stereocenters. The number of ether oxygens (including phenoxy) is 1. The van der Waals surface area contributed by atoms with Crippen LogP contribution < -0.4 is 0 Å². The van der Waals surface area contributed by atoms with Gasteiger partial charge in [0.05, 0.1) is 7.11 Å². The quantitative estimate of drug-likeness (QED) is 0.512. The van der Waals surface area contributed by atoms with E-state index in [2.05, 4.69) is 4.74 Å². The first kappa shape index (κ1) is 11.1. The van der Waals surface area contributed by atoms with E-state index in [1.165, 1.54) is 7.11 Å². The van der Waals surface area contributed by atoms with Crippen LogP contribution in [0.5, 0.6) is 0 Å². The Balaban J connectivity index is 3.67. The van der Waals surface area contributed by atoms with E-state index in [9.17, 15) is 4.79 Å². The van der Waals surface area contributed by atoms with Crippen molar-refractivity contribution < 1.29 is 9.53 Å². The van der Waals surface area contributed by atoms with Crippen molar-refractivity contribution >= 4 is 29.2 Å². The van der Waals surface area contributed by atoms with E-state index in [0.29, 0.717) is 6.42 Å². The Morgan fingerprint density at radius 2 is 2.09 bits per heavy atom. The fraction of sp³-hybridized carbons (Fsp3) is 0.857. The second-order valence-electron chi connectivity index (χ2n) is 2.23. The molecular formula is C7H12Cl2O2. The van der Waals surface area contributed by atoms with E-state index in [1.807, 2.05) is 6.92 Å². The molecule has 0 bridgehead atoms. The molecule has 0 aromatic heterocycles. The van der Waals surface area contributed by atoms with Crippen molar-refractivity contribution in [3.05, 3.63) is 0 Å². The lowest BCUT2D eigenvalue weighted by molar-refractivity contribution is -0.140. The van der Waals surface area contributed by atoms with Gasteiger partial charge >= 0.3 is 5.97 Å². The first-order valence-corrected chi connectivity index (χ1v) is 4.35. The van der Waals surface area contributed by atoms with Gasteiger partial charge in [-0.05, 0) is 12.8 Å². The summed E-state index contributed by atoms with van der Waals surface area (Å²) in [5.74, 6) is -0.411. The Labute approximate surface area is 76.8 Å². The van der Waals surface area contributed by atoms with Gasteiger partial charge in [0.2, 0.25) is 0 Å². The fourth-order valence-electron chi connectivity index (χ4n) is 0.615. The van der Waals surface area contributed by atoms with Gasteiger partial charge in [-0.1, -0.05) is 6.92 Å². The average Bonchev–Trinajstić information content (AvgIpc) is 2.02. The lowest BCUT2D eigenvalue weighted by Crippen LogP contribution is -2.19. The van der Waals surface area contributed by atoms with Crippen LogP contribution in [0.1, 0.15) is 19.8 Å². The first-order valence-electron chi connectivity index (χ1n) is 3.47. The summed E-state index contributed by atoms with van der Waals surface area (Å²) in [6.07, 6.45) is 1.27. The predicted molar refractivity (Wildman–Crippen MR) is 46.2 cm³/mol. The molecule has 0 aliphatic heterocycles. The highest BCUT2D eigenvalue weighted by Gasteiger charge is 2.18. The second-order valence-corrected chi connectivity index (χ2v) is 3.38. The molecule has 0 fully saturated rings. The van der Waals surface area contributed by atoms with E-state index in [4.69, 9.17) is 23.2 Å². The molecule has 0 spiro atoms. The monoisotopic (exact) mass is 198 g/mol. The first-order chi connectivity index (χ1) is 5.11. The number of esters is 1. The Kier molecular flexibility index (Phi) is 5.69. The molecule has 0 amide bonds. The van der Waals surface area contributed by atoms with E-state index in [-0.39, 0.29) is 5.38 Å². The third kappa shape index (κ3) is 4.49. The van der Waals surface area contributed by atoms with Gasteiger partial charge in [-0.15, -0.1) is 23.2 Å². The minimum Gasteiger partial charge on any atom is -0.468 e. The predicted octanol–water partition coefficient (Wildman–Crippen LogP) is 2.17. The Hall–Kier alpha value is 0.0500. The maximum Gasteiger partial charge on any atom is 0.323 e. The highest BCUT2D eigenvalue weighted by Crippen LogP contribution is 2.14. The molecule has 0 heterocycles. The van der Waals surface area contributed by atoms with Gasteiger partial charge < -0.3 is 4.74 Å². The van der Waals surface area contributed by atoms with E-state index in [1.54, 1.807) is 0 Å². The summed E-state index contributed by atoms with van der Waals surface area (Å²) in [5, 5.41) is -0.654. The maximum absolute atomic E-state index is 10.8. The highest BCUT2D eigenvalue weighted by atomic mass is 35.5. The van der Waals surface area contributed by atoms with Gasteiger partial charge in [0.15, 0.2) is 0 Å². The number of carbonyl (C=O) groups is 1. The lowest BCUT2D eigenvalue weighted by atomic mass is 10.2. The zero-order chi connectivity index (χ0) is 8.85. The third-order valence-electron chi connectivity index (χ3n) is 1.36. The minimum atomic E-state index is -0.609. The lowest BCUT2D eigenvalue weighted by Gasteiger charge is -2.09. The molecule has 0 saturated carbocycles. The molecular weight excluding hydrogens is 187 g/mol. The van der Waals surface area contributed by atoms with E-state index < -0.39 is 11.3 Å². The smallest absolute Gasteiger partial charge is 0.323 e. The summed E-state index contributed by atoms with van der Waals surface area (Å²) in [6.45, 7) is 1.94. The molecule has 2 atom stereocenters. The van der Waals surface area contributed by atoms with Crippen LogP contribution in [0.15, 0.2) is 0 Å². The molecule has 0 N–H and O–H groups in total. The van der Waals surface area contributed by atoms with Crippen LogP contribution in [0.4, 0.5) is 0 Å². The molecule has 2 nitrogen and oxygen atoms in total. The maximum atomic E-state index is 10.8. The van der Waals surface area contributed by atoms with Crippen LogP contribution in [0.2, 0.25) is 0 Å². The second kappa shape index (κ2) is 5.67. The van der Waals surface area contributed by atoms with Gasteiger partial charge in [-0.3, -0.25) is 4.79 Å². The van der Waals surface area contributed by atoms with Crippen molar-refractivity contribution in [2.45, 2.75) is 30.5 Å². The Morgan fingerprint density at radius 1 is 1.55 bits per heavy atom. The largest absolute Gasteiger partial charge is 0.468 e. The number of methoxy groups -OCH3 is 1. The van der Waals surface area contributed by atoms with E-state index in [0.717, 1.165) is 6.42 Å². The zero-order valence-corrected chi connectivity index (χ0v) is 8.15. The molecule has 11 heavy (non-hydrogen) atoms. The normalized spacial score (nSPS) is 15.6. The van der Waals surface area contributed by atoms with E-state index >= 15 is 0 Å². The van der Waals surface area contributed by atoms with Gasteiger partial charge in [0.1, 0.15) is 5.38 Å². The van der Waals surface area contributed by atoms with Crippen LogP contribution in [0.25, 0.3) is 0 Å². The minimum absolute atomic E-state index is 0.0448. The summed E-state index contributed by atoms with van der Waals surface area (Å²) >= 11 is 11.4. The Morgan fingerprint density at radius 3 is 2.45 bits per heavy atom. The number of rotatable bonds is 4. The third-order valence-corrected chi connectivity index (χ3v) is 2.21. The fourth-order valence-corrected chi connectivity index (χ4v) is 1.19. The molecule has 0 saturated heterocycles. The Bertz CT molecular complexity index is 128. The summed E-state index contributed by atoms with van der Waals surface area (Å²) < 4.78 is 4.43. The molecule has 0 aromatic carbocycles. The standard InChI is InChI=1S/C7H12Cl2O2/c1-3-5(8)4-6(9)7(10)11-2/h5-6H,3-4H2,1-2H3. The van der Waals surface area contributed by atoms with Crippen LogP contribution >= 0.6 is 23.2 Å².